The smallest absolute Gasteiger partial charge is 0.315 e. The van der Waals surface area contributed by atoms with E-state index in [1.807, 2.05) is 6.92 Å². The molecule has 24 heavy (non-hydrogen) atoms. The second-order valence-electron chi connectivity index (χ2n) is 7.19. The highest BCUT2D eigenvalue weighted by Crippen LogP contribution is 2.24. The van der Waals surface area contributed by atoms with Crippen molar-refractivity contribution < 1.29 is 9.53 Å². The van der Waals surface area contributed by atoms with Gasteiger partial charge in [-0.15, -0.1) is 0 Å². The van der Waals surface area contributed by atoms with Gasteiger partial charge in [-0.3, -0.25) is 4.90 Å². The van der Waals surface area contributed by atoms with Gasteiger partial charge in [0.25, 0.3) is 0 Å². The minimum atomic E-state index is -0.0634. The monoisotopic (exact) mass is 331 g/mol. The second-order valence-corrected chi connectivity index (χ2v) is 7.19. The standard InChI is InChI=1S/C19H29N3O2/c1-14-10-17(13-22(14)12-16-6-4-3-5-7-16)11-20-19(23)21-18-8-9-24-15(18)2/h3-7,14-15,17-18H,8-13H2,1-2H3,(H2,20,21,23). The molecule has 2 fully saturated rings. The molecular weight excluding hydrogens is 302 g/mol. The van der Waals surface area contributed by atoms with Crippen LogP contribution in [0.3, 0.4) is 0 Å². The number of urea groups is 1. The summed E-state index contributed by atoms with van der Waals surface area (Å²) in [5, 5.41) is 6.07. The van der Waals surface area contributed by atoms with E-state index >= 15 is 0 Å². The Morgan fingerprint density at radius 1 is 1.29 bits per heavy atom. The molecule has 3 rings (SSSR count). The Balaban J connectivity index is 1.41. The van der Waals surface area contributed by atoms with Crippen LogP contribution in [-0.4, -0.2) is 48.8 Å². The lowest BCUT2D eigenvalue weighted by Crippen LogP contribution is -2.46. The first-order chi connectivity index (χ1) is 11.6. The Morgan fingerprint density at radius 2 is 2.08 bits per heavy atom. The Labute approximate surface area is 144 Å². The van der Waals surface area contributed by atoms with E-state index in [-0.39, 0.29) is 18.2 Å². The average molecular weight is 331 g/mol. The predicted octanol–water partition coefficient (Wildman–Crippen LogP) is 2.37. The van der Waals surface area contributed by atoms with E-state index in [0.717, 1.165) is 39.1 Å². The molecule has 5 heteroatoms. The van der Waals surface area contributed by atoms with E-state index in [0.29, 0.717) is 12.0 Å². The molecule has 5 nitrogen and oxygen atoms in total. The van der Waals surface area contributed by atoms with Gasteiger partial charge in [-0.1, -0.05) is 30.3 Å². The van der Waals surface area contributed by atoms with Crippen molar-refractivity contribution in [3.05, 3.63) is 35.9 Å². The van der Waals surface area contributed by atoms with Gasteiger partial charge >= 0.3 is 6.03 Å². The van der Waals surface area contributed by atoms with E-state index in [1.165, 1.54) is 5.56 Å². The largest absolute Gasteiger partial charge is 0.376 e. The lowest BCUT2D eigenvalue weighted by molar-refractivity contribution is 0.114. The number of rotatable bonds is 5. The molecule has 2 heterocycles. The van der Waals surface area contributed by atoms with Crippen LogP contribution >= 0.6 is 0 Å². The molecule has 132 valence electrons. The van der Waals surface area contributed by atoms with Crippen molar-refractivity contribution in [2.75, 3.05) is 19.7 Å². The van der Waals surface area contributed by atoms with Gasteiger partial charge in [-0.05, 0) is 38.2 Å². The molecule has 0 radical (unpaired) electrons. The highest BCUT2D eigenvalue weighted by Gasteiger charge is 2.30. The maximum Gasteiger partial charge on any atom is 0.315 e. The van der Waals surface area contributed by atoms with Crippen molar-refractivity contribution in [3.8, 4) is 0 Å². The van der Waals surface area contributed by atoms with Gasteiger partial charge in [-0.2, -0.15) is 0 Å². The summed E-state index contributed by atoms with van der Waals surface area (Å²) in [5.41, 5.74) is 1.35. The second kappa shape index (κ2) is 7.99. The summed E-state index contributed by atoms with van der Waals surface area (Å²) in [6, 6.07) is 11.2. The summed E-state index contributed by atoms with van der Waals surface area (Å²) in [6.07, 6.45) is 2.15. The minimum absolute atomic E-state index is 0.0634. The van der Waals surface area contributed by atoms with Crippen molar-refractivity contribution in [2.45, 2.75) is 51.4 Å². The number of amides is 2. The van der Waals surface area contributed by atoms with E-state index < -0.39 is 0 Å². The van der Waals surface area contributed by atoms with E-state index in [9.17, 15) is 4.79 Å². The van der Waals surface area contributed by atoms with Crippen LogP contribution in [0.1, 0.15) is 32.3 Å². The number of likely N-dealkylation sites (tertiary alicyclic amines) is 1. The van der Waals surface area contributed by atoms with Crippen LogP contribution in [-0.2, 0) is 11.3 Å². The van der Waals surface area contributed by atoms with Gasteiger partial charge in [-0.25, -0.2) is 4.79 Å². The molecule has 2 amide bonds. The van der Waals surface area contributed by atoms with Gasteiger partial charge < -0.3 is 15.4 Å². The first kappa shape index (κ1) is 17.2. The normalized spacial score (nSPS) is 30.4. The number of hydrogen-bond acceptors (Lipinski definition) is 3. The van der Waals surface area contributed by atoms with Crippen molar-refractivity contribution in [3.63, 3.8) is 0 Å². The van der Waals surface area contributed by atoms with Crippen LogP contribution < -0.4 is 10.6 Å². The maximum atomic E-state index is 12.1. The topological polar surface area (TPSA) is 53.6 Å². The highest BCUT2D eigenvalue weighted by atomic mass is 16.5. The van der Waals surface area contributed by atoms with Gasteiger partial charge in [0.05, 0.1) is 12.1 Å². The first-order valence-electron chi connectivity index (χ1n) is 9.05. The summed E-state index contributed by atoms with van der Waals surface area (Å²) in [7, 11) is 0. The molecule has 4 unspecified atom stereocenters. The van der Waals surface area contributed by atoms with Gasteiger partial charge in [0.2, 0.25) is 0 Å². The fraction of sp³-hybridized carbons (Fsp3) is 0.632. The lowest BCUT2D eigenvalue weighted by Gasteiger charge is -2.21. The van der Waals surface area contributed by atoms with Crippen LogP contribution in [0.4, 0.5) is 4.79 Å². The SMILES string of the molecule is CC1OCCC1NC(=O)NCC1CC(C)N(Cc2ccccc2)C1. The Kier molecular flexibility index (Phi) is 5.74. The molecule has 4 atom stereocenters. The summed E-state index contributed by atoms with van der Waals surface area (Å²) < 4.78 is 5.48. The molecule has 2 aliphatic heterocycles. The van der Waals surface area contributed by atoms with Gasteiger partial charge in [0.1, 0.15) is 0 Å². The third-order valence-electron chi connectivity index (χ3n) is 5.26. The molecule has 2 saturated heterocycles. The van der Waals surface area contributed by atoms with E-state index in [2.05, 4.69) is 52.8 Å². The quantitative estimate of drug-likeness (QED) is 0.871. The fourth-order valence-electron chi connectivity index (χ4n) is 3.78. The van der Waals surface area contributed by atoms with Crippen LogP contribution in [0.25, 0.3) is 0 Å². The van der Waals surface area contributed by atoms with Crippen molar-refractivity contribution in [1.29, 1.82) is 0 Å². The first-order valence-corrected chi connectivity index (χ1v) is 9.05. The Bertz CT molecular complexity index is 537. The fourth-order valence-corrected chi connectivity index (χ4v) is 3.78. The third-order valence-corrected chi connectivity index (χ3v) is 5.26. The van der Waals surface area contributed by atoms with Crippen LogP contribution in [0.15, 0.2) is 30.3 Å². The molecule has 0 bridgehead atoms. The lowest BCUT2D eigenvalue weighted by atomic mass is 10.1. The number of carbonyl (C=O) groups is 1. The van der Waals surface area contributed by atoms with Gasteiger partial charge in [0, 0.05) is 32.3 Å². The number of carbonyl (C=O) groups excluding carboxylic acids is 1. The molecule has 0 saturated carbocycles. The number of nitrogens with one attached hydrogen (secondary N) is 2. The number of benzene rings is 1. The van der Waals surface area contributed by atoms with Gasteiger partial charge in [0.15, 0.2) is 0 Å². The van der Waals surface area contributed by atoms with E-state index in [1.54, 1.807) is 0 Å². The molecule has 2 N–H and O–H groups in total. The number of nitrogens with zero attached hydrogens (tertiary/aromatic N) is 1. The maximum absolute atomic E-state index is 12.1. The highest BCUT2D eigenvalue weighted by molar-refractivity contribution is 5.74. The minimum Gasteiger partial charge on any atom is -0.376 e. The summed E-state index contributed by atoms with van der Waals surface area (Å²) in [6.45, 7) is 7.80. The molecule has 1 aromatic carbocycles. The van der Waals surface area contributed by atoms with Crippen LogP contribution in [0, 0.1) is 5.92 Å². The summed E-state index contributed by atoms with van der Waals surface area (Å²) in [5.74, 6) is 0.520. The van der Waals surface area contributed by atoms with Crippen molar-refractivity contribution in [1.82, 2.24) is 15.5 Å². The molecule has 0 aromatic heterocycles. The van der Waals surface area contributed by atoms with E-state index in [4.69, 9.17) is 4.74 Å². The van der Waals surface area contributed by atoms with Crippen LogP contribution in [0.5, 0.6) is 0 Å². The van der Waals surface area contributed by atoms with Crippen LogP contribution in [0.2, 0.25) is 0 Å². The van der Waals surface area contributed by atoms with Crippen molar-refractivity contribution >= 4 is 6.03 Å². The number of ether oxygens (including phenoxy) is 1. The zero-order valence-corrected chi connectivity index (χ0v) is 14.7. The molecule has 0 aliphatic carbocycles. The zero-order chi connectivity index (χ0) is 16.9. The molecule has 1 aromatic rings. The average Bonchev–Trinajstić information content (AvgIpc) is 3.13. The predicted molar refractivity (Wildman–Crippen MR) is 94.8 cm³/mol. The number of hydrogen-bond donors (Lipinski definition) is 2. The summed E-state index contributed by atoms with van der Waals surface area (Å²) >= 11 is 0. The molecular formula is C19H29N3O2. The summed E-state index contributed by atoms with van der Waals surface area (Å²) in [4.78, 5) is 14.6. The zero-order valence-electron chi connectivity index (χ0n) is 14.7. The molecule has 2 aliphatic rings. The Hall–Kier alpha value is -1.59. The third kappa shape index (κ3) is 4.48. The Morgan fingerprint density at radius 3 is 2.79 bits per heavy atom. The molecule has 0 spiro atoms. The van der Waals surface area contributed by atoms with Crippen molar-refractivity contribution in [2.24, 2.45) is 5.92 Å².